The van der Waals surface area contributed by atoms with Crippen LogP contribution in [0.15, 0.2) is 42.5 Å². The van der Waals surface area contributed by atoms with Crippen LogP contribution >= 0.6 is 0 Å². The Balaban J connectivity index is 2.16. The maximum Gasteiger partial charge on any atom is 0.0716 e. The summed E-state index contributed by atoms with van der Waals surface area (Å²) >= 11 is 0. The highest BCUT2D eigenvalue weighted by molar-refractivity contribution is 5.13. The van der Waals surface area contributed by atoms with Crippen molar-refractivity contribution in [2.45, 2.75) is 32.4 Å². The molecule has 1 rings (SSSR count). The van der Waals surface area contributed by atoms with Crippen LogP contribution in [-0.4, -0.2) is 19.7 Å². The molecule has 0 aliphatic rings. The minimum Gasteiger partial charge on any atom is -0.377 e. The number of rotatable bonds is 8. The molecule has 1 unspecified atom stereocenters. The minimum atomic E-state index is 0.475. The smallest absolute Gasteiger partial charge is 0.0716 e. The third-order valence-corrected chi connectivity index (χ3v) is 2.73. The van der Waals surface area contributed by atoms with Crippen LogP contribution in [-0.2, 0) is 11.3 Å². The molecular weight excluding hydrogens is 210 g/mol. The van der Waals surface area contributed by atoms with Crippen LogP contribution in [0.1, 0.15) is 25.3 Å². The van der Waals surface area contributed by atoms with Gasteiger partial charge in [0.2, 0.25) is 0 Å². The third-order valence-electron chi connectivity index (χ3n) is 2.73. The van der Waals surface area contributed by atoms with Gasteiger partial charge < -0.3 is 10.1 Å². The average molecular weight is 233 g/mol. The molecule has 0 bridgehead atoms. The summed E-state index contributed by atoms with van der Waals surface area (Å²) in [6, 6.07) is 10.7. The molecule has 2 nitrogen and oxygen atoms in total. The molecule has 0 heterocycles. The normalized spacial score (nSPS) is 12.4. The van der Waals surface area contributed by atoms with E-state index >= 15 is 0 Å². The van der Waals surface area contributed by atoms with Crippen molar-refractivity contribution in [3.05, 3.63) is 48.0 Å². The van der Waals surface area contributed by atoms with Crippen molar-refractivity contribution in [3.63, 3.8) is 0 Å². The summed E-state index contributed by atoms with van der Waals surface area (Å²) in [6.07, 6.45) is 2.04. The van der Waals surface area contributed by atoms with Gasteiger partial charge >= 0.3 is 0 Å². The monoisotopic (exact) mass is 233 g/mol. The molecule has 1 atom stereocenters. The maximum atomic E-state index is 5.66. The topological polar surface area (TPSA) is 21.3 Å². The molecule has 94 valence electrons. The van der Waals surface area contributed by atoms with Gasteiger partial charge in [-0.2, -0.15) is 0 Å². The zero-order valence-electron chi connectivity index (χ0n) is 10.9. The molecule has 1 aromatic rings. The Morgan fingerprint density at radius 1 is 1.35 bits per heavy atom. The molecule has 1 N–H and O–H groups in total. The molecule has 0 saturated carbocycles. The number of nitrogens with one attached hydrogen (secondary N) is 1. The standard InChI is InChI=1S/C15H23NO/c1-13(2)11-15(16-3)9-10-17-12-14-7-5-4-6-8-14/h4-8,15-16H,1,9-12H2,2-3H3. The molecule has 2 heteroatoms. The van der Waals surface area contributed by atoms with Crippen LogP contribution in [0.5, 0.6) is 0 Å². The van der Waals surface area contributed by atoms with E-state index in [2.05, 4.69) is 31.0 Å². The number of hydrogen-bond donors (Lipinski definition) is 1. The molecule has 0 radical (unpaired) electrons. The van der Waals surface area contributed by atoms with E-state index in [-0.39, 0.29) is 0 Å². The number of hydrogen-bond acceptors (Lipinski definition) is 2. The summed E-state index contributed by atoms with van der Waals surface area (Å²) in [7, 11) is 1.99. The molecule has 17 heavy (non-hydrogen) atoms. The van der Waals surface area contributed by atoms with E-state index in [0.29, 0.717) is 12.6 Å². The molecule has 0 aromatic heterocycles. The summed E-state index contributed by atoms with van der Waals surface area (Å²) in [5, 5.41) is 3.29. The van der Waals surface area contributed by atoms with E-state index < -0.39 is 0 Å². The van der Waals surface area contributed by atoms with E-state index in [0.717, 1.165) is 19.4 Å². The molecule has 0 amide bonds. The molecule has 0 saturated heterocycles. The first-order chi connectivity index (χ1) is 8.22. The maximum absolute atomic E-state index is 5.66. The van der Waals surface area contributed by atoms with Crippen LogP contribution in [0.2, 0.25) is 0 Å². The number of benzene rings is 1. The number of ether oxygens (including phenoxy) is 1. The van der Waals surface area contributed by atoms with Crippen molar-refractivity contribution in [3.8, 4) is 0 Å². The fourth-order valence-electron chi connectivity index (χ4n) is 1.76. The molecular formula is C15H23NO. The second-order valence-corrected chi connectivity index (χ2v) is 4.47. The van der Waals surface area contributed by atoms with Gasteiger partial charge in [0, 0.05) is 12.6 Å². The van der Waals surface area contributed by atoms with E-state index in [1.807, 2.05) is 25.2 Å². The zero-order chi connectivity index (χ0) is 12.5. The predicted molar refractivity (Wildman–Crippen MR) is 73.0 cm³/mol. The van der Waals surface area contributed by atoms with Crippen molar-refractivity contribution in [1.82, 2.24) is 5.32 Å². The first kappa shape index (κ1) is 13.9. The Morgan fingerprint density at radius 2 is 2.06 bits per heavy atom. The van der Waals surface area contributed by atoms with Crippen LogP contribution in [0.4, 0.5) is 0 Å². The first-order valence-electron chi connectivity index (χ1n) is 6.15. The molecule has 0 spiro atoms. The largest absolute Gasteiger partial charge is 0.377 e. The lowest BCUT2D eigenvalue weighted by Gasteiger charge is -2.16. The van der Waals surface area contributed by atoms with Crippen LogP contribution < -0.4 is 5.32 Å². The fraction of sp³-hybridized carbons (Fsp3) is 0.467. The third kappa shape index (κ3) is 6.25. The van der Waals surface area contributed by atoms with E-state index in [1.165, 1.54) is 11.1 Å². The van der Waals surface area contributed by atoms with Crippen LogP contribution in [0.25, 0.3) is 0 Å². The highest BCUT2D eigenvalue weighted by atomic mass is 16.5. The molecule has 1 aromatic carbocycles. The summed E-state index contributed by atoms with van der Waals surface area (Å²) in [6.45, 7) is 7.49. The van der Waals surface area contributed by atoms with Gasteiger partial charge in [0.1, 0.15) is 0 Å². The average Bonchev–Trinajstić information content (AvgIpc) is 2.34. The summed E-state index contributed by atoms with van der Waals surface area (Å²) in [4.78, 5) is 0. The van der Waals surface area contributed by atoms with Gasteiger partial charge in [-0.25, -0.2) is 0 Å². The predicted octanol–water partition coefficient (Wildman–Crippen LogP) is 3.15. The lowest BCUT2D eigenvalue weighted by atomic mass is 10.1. The van der Waals surface area contributed by atoms with E-state index in [1.54, 1.807) is 0 Å². The Hall–Kier alpha value is -1.12. The zero-order valence-corrected chi connectivity index (χ0v) is 10.9. The highest BCUT2D eigenvalue weighted by Gasteiger charge is 2.05. The Labute approximate surface area is 105 Å². The van der Waals surface area contributed by atoms with E-state index in [9.17, 15) is 0 Å². The second-order valence-electron chi connectivity index (χ2n) is 4.47. The van der Waals surface area contributed by atoms with E-state index in [4.69, 9.17) is 4.74 Å². The Kier molecular flexibility index (Phi) is 6.60. The molecule has 0 aliphatic carbocycles. The first-order valence-corrected chi connectivity index (χ1v) is 6.15. The van der Waals surface area contributed by atoms with Gasteiger partial charge in [0.05, 0.1) is 6.61 Å². The van der Waals surface area contributed by atoms with Gasteiger partial charge in [0.25, 0.3) is 0 Å². The lowest BCUT2D eigenvalue weighted by molar-refractivity contribution is 0.112. The van der Waals surface area contributed by atoms with Crippen molar-refractivity contribution in [2.24, 2.45) is 0 Å². The molecule has 0 fully saturated rings. The van der Waals surface area contributed by atoms with Crippen LogP contribution in [0, 0.1) is 0 Å². The fourth-order valence-corrected chi connectivity index (χ4v) is 1.76. The summed E-state index contributed by atoms with van der Waals surface area (Å²) < 4.78 is 5.66. The quantitative estimate of drug-likeness (QED) is 0.550. The van der Waals surface area contributed by atoms with Crippen molar-refractivity contribution in [2.75, 3.05) is 13.7 Å². The van der Waals surface area contributed by atoms with Gasteiger partial charge in [-0.3, -0.25) is 0 Å². The van der Waals surface area contributed by atoms with Crippen LogP contribution in [0.3, 0.4) is 0 Å². The van der Waals surface area contributed by atoms with Gasteiger partial charge in [0.15, 0.2) is 0 Å². The summed E-state index contributed by atoms with van der Waals surface area (Å²) in [5.74, 6) is 0. The Morgan fingerprint density at radius 3 is 2.65 bits per heavy atom. The van der Waals surface area contributed by atoms with Crippen molar-refractivity contribution < 1.29 is 4.74 Å². The van der Waals surface area contributed by atoms with Crippen molar-refractivity contribution in [1.29, 1.82) is 0 Å². The van der Waals surface area contributed by atoms with Gasteiger partial charge in [-0.05, 0) is 32.4 Å². The molecule has 0 aliphatic heterocycles. The minimum absolute atomic E-state index is 0.475. The lowest BCUT2D eigenvalue weighted by Crippen LogP contribution is -2.26. The summed E-state index contributed by atoms with van der Waals surface area (Å²) in [5.41, 5.74) is 2.45. The highest BCUT2D eigenvalue weighted by Crippen LogP contribution is 2.07. The van der Waals surface area contributed by atoms with Gasteiger partial charge in [-0.1, -0.05) is 35.9 Å². The Bertz CT molecular complexity index is 321. The second kappa shape index (κ2) is 8.04. The SMILES string of the molecule is C=C(C)CC(CCOCc1ccccc1)NC. The van der Waals surface area contributed by atoms with Gasteiger partial charge in [-0.15, -0.1) is 6.58 Å². The van der Waals surface area contributed by atoms with Crippen molar-refractivity contribution >= 4 is 0 Å².